The Morgan fingerprint density at radius 3 is 3.00 bits per heavy atom. The molecule has 0 aliphatic heterocycles. The summed E-state index contributed by atoms with van der Waals surface area (Å²) in [6.45, 7) is 4.47. The molecule has 6 heteroatoms. The van der Waals surface area contributed by atoms with E-state index in [0.29, 0.717) is 13.2 Å². The minimum Gasteiger partial charge on any atom is -0.463 e. The molecule has 0 spiro atoms. The Bertz CT molecular complexity index is 646. The van der Waals surface area contributed by atoms with E-state index in [1.165, 1.54) is 6.08 Å². The summed E-state index contributed by atoms with van der Waals surface area (Å²) in [5, 5.41) is 17.1. The summed E-state index contributed by atoms with van der Waals surface area (Å²) in [6.07, 6.45) is 3.10. The zero-order valence-corrected chi connectivity index (χ0v) is 11.5. The lowest BCUT2D eigenvalue weighted by Gasteiger charge is -2.03. The number of aliphatic hydroxyl groups excluding tert-OH is 1. The van der Waals surface area contributed by atoms with Crippen LogP contribution in [0.3, 0.4) is 0 Å². The Morgan fingerprint density at radius 2 is 2.30 bits per heavy atom. The topological polar surface area (TPSA) is 77.2 Å². The van der Waals surface area contributed by atoms with Crippen molar-refractivity contribution in [1.82, 2.24) is 15.0 Å². The molecule has 0 aliphatic carbocycles. The molecule has 0 amide bonds. The van der Waals surface area contributed by atoms with Crippen LogP contribution >= 0.6 is 0 Å². The largest absolute Gasteiger partial charge is 0.463 e. The van der Waals surface area contributed by atoms with E-state index in [2.05, 4.69) is 10.3 Å². The molecule has 0 radical (unpaired) electrons. The van der Waals surface area contributed by atoms with Crippen molar-refractivity contribution in [2.75, 3.05) is 13.2 Å². The number of ether oxygens (including phenoxy) is 1. The summed E-state index contributed by atoms with van der Waals surface area (Å²) in [6, 6.07) is 3.77. The van der Waals surface area contributed by atoms with Gasteiger partial charge in [0.1, 0.15) is 5.52 Å². The molecule has 1 aromatic heterocycles. The van der Waals surface area contributed by atoms with Gasteiger partial charge in [0.05, 0.1) is 25.3 Å². The van der Waals surface area contributed by atoms with Crippen LogP contribution in [0.4, 0.5) is 0 Å². The van der Waals surface area contributed by atoms with Crippen molar-refractivity contribution in [2.24, 2.45) is 0 Å². The molecule has 0 saturated carbocycles. The highest BCUT2D eigenvalue weighted by Gasteiger charge is 2.09. The van der Waals surface area contributed by atoms with Crippen LogP contribution in [0.2, 0.25) is 0 Å². The molecule has 0 bridgehead atoms. The van der Waals surface area contributed by atoms with Gasteiger partial charge in [0.2, 0.25) is 0 Å². The maximum atomic E-state index is 11.3. The molecular formula is C14H17N3O3. The average Bonchev–Trinajstić information content (AvgIpc) is 2.83. The van der Waals surface area contributed by atoms with Crippen LogP contribution in [0, 0.1) is 6.92 Å². The average molecular weight is 275 g/mol. The summed E-state index contributed by atoms with van der Waals surface area (Å²) in [7, 11) is 0. The molecule has 2 rings (SSSR count). The first-order chi connectivity index (χ1) is 9.67. The van der Waals surface area contributed by atoms with E-state index in [-0.39, 0.29) is 12.6 Å². The van der Waals surface area contributed by atoms with E-state index in [1.54, 1.807) is 17.7 Å². The number of hydrogen-bond acceptors (Lipinski definition) is 5. The number of aromatic nitrogens is 3. The number of aryl methyl sites for hydroxylation is 1. The summed E-state index contributed by atoms with van der Waals surface area (Å²) >= 11 is 0. The first kappa shape index (κ1) is 14.2. The minimum absolute atomic E-state index is 0.0159. The van der Waals surface area contributed by atoms with Crippen LogP contribution in [0.15, 0.2) is 18.2 Å². The molecule has 0 saturated heterocycles. The van der Waals surface area contributed by atoms with Crippen molar-refractivity contribution in [3.63, 3.8) is 0 Å². The number of carbonyl (C=O) groups excluding carboxylic acids is 1. The monoisotopic (exact) mass is 275 g/mol. The third-order valence-electron chi connectivity index (χ3n) is 2.98. The molecule has 0 fully saturated rings. The summed E-state index contributed by atoms with van der Waals surface area (Å²) in [4.78, 5) is 11.3. The quantitative estimate of drug-likeness (QED) is 0.657. The number of aliphatic hydroxyl groups is 1. The van der Waals surface area contributed by atoms with Crippen molar-refractivity contribution in [2.45, 2.75) is 20.4 Å². The molecule has 0 unspecified atom stereocenters. The summed E-state index contributed by atoms with van der Waals surface area (Å²) in [5.74, 6) is -0.365. The molecule has 1 aromatic carbocycles. The number of nitrogens with zero attached hydrogens (tertiary/aromatic N) is 3. The SMILES string of the molecule is CCOC(=O)/C=C/c1ccc2c(nnn2CCO)c1C. The number of benzene rings is 1. The predicted molar refractivity (Wildman–Crippen MR) is 75.0 cm³/mol. The lowest BCUT2D eigenvalue weighted by molar-refractivity contribution is -0.137. The number of rotatable bonds is 5. The van der Waals surface area contributed by atoms with E-state index in [4.69, 9.17) is 9.84 Å². The molecule has 106 valence electrons. The van der Waals surface area contributed by atoms with Crippen molar-refractivity contribution in [3.8, 4) is 0 Å². The Morgan fingerprint density at radius 1 is 1.50 bits per heavy atom. The second-order valence-electron chi connectivity index (χ2n) is 4.27. The smallest absolute Gasteiger partial charge is 0.330 e. The highest BCUT2D eigenvalue weighted by atomic mass is 16.5. The molecular weight excluding hydrogens is 258 g/mol. The Kier molecular flexibility index (Phi) is 4.47. The Labute approximate surface area is 116 Å². The second-order valence-corrected chi connectivity index (χ2v) is 4.27. The Hall–Kier alpha value is -2.21. The number of esters is 1. The van der Waals surface area contributed by atoms with Gasteiger partial charge in [0.15, 0.2) is 0 Å². The first-order valence-corrected chi connectivity index (χ1v) is 6.46. The zero-order valence-electron chi connectivity index (χ0n) is 11.5. The van der Waals surface area contributed by atoms with Gasteiger partial charge in [-0.05, 0) is 37.1 Å². The number of carbonyl (C=O) groups is 1. The molecule has 1 heterocycles. The Balaban J connectivity index is 2.33. The number of fused-ring (bicyclic) bond motifs is 1. The van der Waals surface area contributed by atoms with Crippen molar-refractivity contribution >= 4 is 23.1 Å². The molecule has 0 atom stereocenters. The summed E-state index contributed by atoms with van der Waals surface area (Å²) < 4.78 is 6.50. The van der Waals surface area contributed by atoms with Crippen LogP contribution in [0.25, 0.3) is 17.1 Å². The third-order valence-corrected chi connectivity index (χ3v) is 2.98. The predicted octanol–water partition coefficient (Wildman–Crippen LogP) is 1.31. The van der Waals surface area contributed by atoms with E-state index >= 15 is 0 Å². The van der Waals surface area contributed by atoms with Gasteiger partial charge in [-0.2, -0.15) is 0 Å². The molecule has 0 aliphatic rings. The van der Waals surface area contributed by atoms with Crippen LogP contribution in [-0.2, 0) is 16.1 Å². The summed E-state index contributed by atoms with van der Waals surface area (Å²) in [5.41, 5.74) is 3.46. The van der Waals surface area contributed by atoms with Gasteiger partial charge < -0.3 is 9.84 Å². The highest BCUT2D eigenvalue weighted by molar-refractivity contribution is 5.89. The van der Waals surface area contributed by atoms with Crippen LogP contribution in [0.1, 0.15) is 18.1 Å². The van der Waals surface area contributed by atoms with Crippen LogP contribution < -0.4 is 0 Å². The van der Waals surface area contributed by atoms with Crippen LogP contribution in [-0.4, -0.2) is 39.3 Å². The maximum Gasteiger partial charge on any atom is 0.330 e. The van der Waals surface area contributed by atoms with Gasteiger partial charge in [0.25, 0.3) is 0 Å². The maximum absolute atomic E-state index is 11.3. The number of hydrogen-bond donors (Lipinski definition) is 1. The molecule has 20 heavy (non-hydrogen) atoms. The molecule has 1 N–H and O–H groups in total. The lowest BCUT2D eigenvalue weighted by atomic mass is 10.1. The van der Waals surface area contributed by atoms with E-state index < -0.39 is 0 Å². The lowest BCUT2D eigenvalue weighted by Crippen LogP contribution is -2.03. The fourth-order valence-electron chi connectivity index (χ4n) is 1.97. The molecule has 2 aromatic rings. The highest BCUT2D eigenvalue weighted by Crippen LogP contribution is 2.20. The third kappa shape index (κ3) is 2.85. The van der Waals surface area contributed by atoms with Gasteiger partial charge in [-0.25, -0.2) is 9.48 Å². The molecule has 6 nitrogen and oxygen atoms in total. The van der Waals surface area contributed by atoms with E-state index in [1.807, 2.05) is 19.1 Å². The van der Waals surface area contributed by atoms with Crippen molar-refractivity contribution < 1.29 is 14.6 Å². The van der Waals surface area contributed by atoms with Gasteiger partial charge in [-0.3, -0.25) is 0 Å². The normalized spacial score (nSPS) is 11.3. The van der Waals surface area contributed by atoms with Crippen molar-refractivity contribution in [3.05, 3.63) is 29.3 Å². The van der Waals surface area contributed by atoms with Crippen molar-refractivity contribution in [1.29, 1.82) is 0 Å². The van der Waals surface area contributed by atoms with Gasteiger partial charge in [0, 0.05) is 6.08 Å². The van der Waals surface area contributed by atoms with Gasteiger partial charge in [-0.1, -0.05) is 11.3 Å². The van der Waals surface area contributed by atoms with Gasteiger partial charge in [-0.15, -0.1) is 5.10 Å². The standard InChI is InChI=1S/C14H17N3O3/c1-3-20-13(19)7-5-11-4-6-12-14(10(11)2)15-16-17(12)8-9-18/h4-7,18H,3,8-9H2,1-2H3/b7-5+. The zero-order chi connectivity index (χ0) is 14.5. The second kappa shape index (κ2) is 6.29. The van der Waals surface area contributed by atoms with Crippen LogP contribution in [0.5, 0.6) is 0 Å². The van der Waals surface area contributed by atoms with Gasteiger partial charge >= 0.3 is 5.97 Å². The first-order valence-electron chi connectivity index (χ1n) is 6.46. The van der Waals surface area contributed by atoms with E-state index in [0.717, 1.165) is 22.2 Å². The minimum atomic E-state index is -0.365. The van der Waals surface area contributed by atoms with E-state index in [9.17, 15) is 4.79 Å². The fourth-order valence-corrected chi connectivity index (χ4v) is 1.97. The fraction of sp³-hybridized carbons (Fsp3) is 0.357.